The molecule has 0 atom stereocenters. The summed E-state index contributed by atoms with van der Waals surface area (Å²) >= 11 is 12.7. The number of thiazole rings is 1. The molecule has 0 spiro atoms. The minimum Gasteiger partial charge on any atom is -0.331 e. The van der Waals surface area contributed by atoms with Crippen molar-refractivity contribution in [2.75, 3.05) is 5.32 Å². The van der Waals surface area contributed by atoms with Gasteiger partial charge in [-0.25, -0.2) is 4.98 Å². The second kappa shape index (κ2) is 9.64. The van der Waals surface area contributed by atoms with Crippen LogP contribution in [0.2, 0.25) is 5.02 Å². The maximum Gasteiger partial charge on any atom is 0.238 e. The summed E-state index contributed by atoms with van der Waals surface area (Å²) in [5.41, 5.74) is 7.14. The molecule has 3 N–H and O–H groups in total. The Bertz CT molecular complexity index is 894. The molecule has 1 heterocycles. The first-order valence-electron chi connectivity index (χ1n) is 8.56. The third kappa shape index (κ3) is 6.16. The van der Waals surface area contributed by atoms with Crippen LogP contribution in [-0.2, 0) is 11.2 Å². The number of hydrogen-bond donors (Lipinski definition) is 3. The highest BCUT2D eigenvalue weighted by Crippen LogP contribution is 2.22. The summed E-state index contributed by atoms with van der Waals surface area (Å²) in [4.78, 5) is 16.5. The number of carbonyl (C=O) groups excluding carboxylic acids is 1. The molecule has 0 bridgehead atoms. The van der Waals surface area contributed by atoms with Crippen LogP contribution in [0.25, 0.3) is 10.2 Å². The van der Waals surface area contributed by atoms with Crippen molar-refractivity contribution in [3.05, 3.63) is 58.6 Å². The van der Waals surface area contributed by atoms with E-state index in [2.05, 4.69) is 27.2 Å². The highest BCUT2D eigenvalue weighted by Gasteiger charge is 2.05. The van der Waals surface area contributed by atoms with Crippen molar-refractivity contribution < 1.29 is 4.79 Å². The zero-order valence-corrected chi connectivity index (χ0v) is 16.9. The molecule has 3 aromatic rings. The quantitative estimate of drug-likeness (QED) is 0.308. The smallest absolute Gasteiger partial charge is 0.238 e. The lowest BCUT2D eigenvalue weighted by Gasteiger charge is -2.11. The third-order valence-electron chi connectivity index (χ3n) is 3.80. The van der Waals surface area contributed by atoms with Crippen LogP contribution in [0.5, 0.6) is 0 Å². The van der Waals surface area contributed by atoms with Gasteiger partial charge in [-0.1, -0.05) is 23.7 Å². The largest absolute Gasteiger partial charge is 0.331 e. The molecular weight excluding hydrogens is 400 g/mol. The molecule has 27 heavy (non-hydrogen) atoms. The number of hydrogen-bond acceptors (Lipinski definition) is 4. The van der Waals surface area contributed by atoms with E-state index < -0.39 is 0 Å². The number of thiocarbonyl (C=S) groups is 1. The van der Waals surface area contributed by atoms with Gasteiger partial charge in [0.25, 0.3) is 0 Å². The minimum absolute atomic E-state index is 0.0976. The first-order valence-corrected chi connectivity index (χ1v) is 10.2. The molecule has 2 aromatic carbocycles. The van der Waals surface area contributed by atoms with Gasteiger partial charge in [-0.3, -0.25) is 15.6 Å². The number of anilines is 1. The molecule has 0 aliphatic heterocycles. The Labute approximate surface area is 172 Å². The minimum atomic E-state index is -0.0976. The topological polar surface area (TPSA) is 66.0 Å². The van der Waals surface area contributed by atoms with E-state index in [9.17, 15) is 4.79 Å². The number of rotatable bonds is 6. The first-order chi connectivity index (χ1) is 13.1. The lowest BCUT2D eigenvalue weighted by Crippen LogP contribution is -2.43. The zero-order chi connectivity index (χ0) is 19.1. The summed E-state index contributed by atoms with van der Waals surface area (Å²) in [6, 6.07) is 15.3. The Balaban J connectivity index is 1.32. The Morgan fingerprint density at radius 2 is 1.85 bits per heavy atom. The van der Waals surface area contributed by atoms with E-state index in [1.54, 1.807) is 35.6 Å². The monoisotopic (exact) mass is 418 g/mol. The average Bonchev–Trinajstić information content (AvgIpc) is 3.08. The maximum atomic E-state index is 11.9. The van der Waals surface area contributed by atoms with Crippen LogP contribution < -0.4 is 16.2 Å². The van der Waals surface area contributed by atoms with Gasteiger partial charge in [0, 0.05) is 17.1 Å². The van der Waals surface area contributed by atoms with Gasteiger partial charge in [0.05, 0.1) is 15.2 Å². The Morgan fingerprint density at radius 3 is 2.63 bits per heavy atom. The Hall–Kier alpha value is -2.22. The Kier molecular flexibility index (Phi) is 6.98. The molecule has 0 saturated carbocycles. The average molecular weight is 419 g/mol. The highest BCUT2D eigenvalue weighted by molar-refractivity contribution is 7.80. The number of unbranched alkanes of at least 4 members (excludes halogenated alkanes) is 1. The number of nitrogens with one attached hydrogen (secondary N) is 3. The normalized spacial score (nSPS) is 10.6. The number of hydrazine groups is 1. The van der Waals surface area contributed by atoms with Gasteiger partial charge >= 0.3 is 0 Å². The van der Waals surface area contributed by atoms with Crippen molar-refractivity contribution in [1.29, 1.82) is 0 Å². The van der Waals surface area contributed by atoms with Crippen molar-refractivity contribution in [1.82, 2.24) is 15.8 Å². The predicted octanol–water partition coefficient (Wildman–Crippen LogP) is 4.68. The standard InChI is InChI=1S/C19H19ClN4OS2/c20-13-9-11-14(12-10-13)21-19(26)24-23-17(25)7-3-4-8-18-22-15-5-1-2-6-16(15)27-18/h1-2,5-6,9-12H,3-4,7-8H2,(H,23,25)(H2,21,24,26). The SMILES string of the molecule is O=C(CCCCc1nc2ccccc2s1)NNC(=S)Nc1ccc(Cl)cc1. The molecule has 1 amide bonds. The summed E-state index contributed by atoms with van der Waals surface area (Å²) < 4.78 is 1.20. The molecule has 5 nitrogen and oxygen atoms in total. The number of amides is 1. The fraction of sp³-hybridized carbons (Fsp3) is 0.211. The van der Waals surface area contributed by atoms with Crippen LogP contribution in [0.4, 0.5) is 5.69 Å². The van der Waals surface area contributed by atoms with Crippen molar-refractivity contribution in [2.24, 2.45) is 0 Å². The van der Waals surface area contributed by atoms with Gasteiger partial charge in [-0.05, 0) is 67.9 Å². The molecule has 0 fully saturated rings. The van der Waals surface area contributed by atoms with Crippen LogP contribution in [-0.4, -0.2) is 16.0 Å². The fourth-order valence-corrected chi connectivity index (χ4v) is 3.78. The van der Waals surface area contributed by atoms with E-state index in [0.717, 1.165) is 35.5 Å². The van der Waals surface area contributed by atoms with Crippen molar-refractivity contribution in [2.45, 2.75) is 25.7 Å². The lowest BCUT2D eigenvalue weighted by molar-refractivity contribution is -0.121. The summed E-state index contributed by atoms with van der Waals surface area (Å²) in [7, 11) is 0. The molecule has 0 radical (unpaired) electrons. The highest BCUT2D eigenvalue weighted by atomic mass is 35.5. The Morgan fingerprint density at radius 1 is 1.07 bits per heavy atom. The summed E-state index contributed by atoms with van der Waals surface area (Å²) in [6.07, 6.45) is 3.03. The fourth-order valence-electron chi connectivity index (χ4n) is 2.47. The molecule has 0 aliphatic rings. The number of fused-ring (bicyclic) bond motifs is 1. The summed E-state index contributed by atoms with van der Waals surface area (Å²) in [6.45, 7) is 0. The van der Waals surface area contributed by atoms with Crippen molar-refractivity contribution >= 4 is 62.1 Å². The molecule has 140 valence electrons. The number of aryl methyl sites for hydroxylation is 1. The number of nitrogens with zero attached hydrogens (tertiary/aromatic N) is 1. The molecule has 3 rings (SSSR count). The number of benzene rings is 2. The molecule has 0 aliphatic carbocycles. The van der Waals surface area contributed by atoms with Gasteiger partial charge in [0.2, 0.25) is 5.91 Å². The summed E-state index contributed by atoms with van der Waals surface area (Å²) in [5.74, 6) is -0.0976. The van der Waals surface area contributed by atoms with Crippen molar-refractivity contribution in [3.8, 4) is 0 Å². The molecule has 0 unspecified atom stereocenters. The van der Waals surface area contributed by atoms with E-state index >= 15 is 0 Å². The van der Waals surface area contributed by atoms with Gasteiger partial charge in [0.1, 0.15) is 0 Å². The second-order valence-corrected chi connectivity index (χ2v) is 7.88. The first kappa shape index (κ1) is 19.5. The number of aromatic nitrogens is 1. The zero-order valence-electron chi connectivity index (χ0n) is 14.5. The lowest BCUT2D eigenvalue weighted by atomic mass is 10.2. The maximum absolute atomic E-state index is 11.9. The van der Waals surface area contributed by atoms with Gasteiger partial charge in [-0.2, -0.15) is 0 Å². The van der Waals surface area contributed by atoms with E-state index in [0.29, 0.717) is 16.6 Å². The van der Waals surface area contributed by atoms with Gasteiger partial charge in [-0.15, -0.1) is 11.3 Å². The van der Waals surface area contributed by atoms with Gasteiger partial charge < -0.3 is 5.32 Å². The van der Waals surface area contributed by atoms with Crippen LogP contribution in [0, 0.1) is 0 Å². The summed E-state index contributed by atoms with van der Waals surface area (Å²) in [5, 5.41) is 5.05. The number of carbonyl (C=O) groups is 1. The second-order valence-electron chi connectivity index (χ2n) is 5.92. The van der Waals surface area contributed by atoms with E-state index in [1.165, 1.54) is 4.70 Å². The van der Waals surface area contributed by atoms with E-state index in [-0.39, 0.29) is 5.91 Å². The van der Waals surface area contributed by atoms with Gasteiger partial charge in [0.15, 0.2) is 5.11 Å². The number of para-hydroxylation sites is 1. The molecule has 1 aromatic heterocycles. The van der Waals surface area contributed by atoms with Crippen LogP contribution in [0.1, 0.15) is 24.3 Å². The van der Waals surface area contributed by atoms with Crippen LogP contribution in [0.15, 0.2) is 48.5 Å². The van der Waals surface area contributed by atoms with Crippen molar-refractivity contribution in [3.63, 3.8) is 0 Å². The van der Waals surface area contributed by atoms with E-state index in [1.807, 2.05) is 18.2 Å². The molecular formula is C19H19ClN4OS2. The van der Waals surface area contributed by atoms with Crippen LogP contribution >= 0.6 is 35.2 Å². The predicted molar refractivity (Wildman–Crippen MR) is 116 cm³/mol. The van der Waals surface area contributed by atoms with E-state index in [4.69, 9.17) is 23.8 Å². The third-order valence-corrected chi connectivity index (χ3v) is 5.35. The molecule has 8 heteroatoms. The van der Waals surface area contributed by atoms with Crippen LogP contribution in [0.3, 0.4) is 0 Å². The molecule has 0 saturated heterocycles. The number of halogens is 1.